The molecule has 112 valence electrons. The van der Waals surface area contributed by atoms with Crippen LogP contribution >= 0.6 is 0 Å². The van der Waals surface area contributed by atoms with Crippen molar-refractivity contribution in [2.45, 2.75) is 40.0 Å². The van der Waals surface area contributed by atoms with Crippen LogP contribution in [0, 0.1) is 0 Å². The molecule has 0 bridgehead atoms. The normalized spacial score (nSPS) is 10.4. The molecule has 6 heteroatoms. The minimum absolute atomic E-state index is 0.202. The van der Waals surface area contributed by atoms with Crippen LogP contribution in [0.15, 0.2) is 6.33 Å². The van der Waals surface area contributed by atoms with Gasteiger partial charge in [-0.2, -0.15) is 0 Å². The zero-order chi connectivity index (χ0) is 15.0. The van der Waals surface area contributed by atoms with E-state index in [-0.39, 0.29) is 11.9 Å². The van der Waals surface area contributed by atoms with Crippen molar-refractivity contribution in [3.8, 4) is 0 Å². The lowest BCUT2D eigenvalue weighted by Gasteiger charge is -2.17. The van der Waals surface area contributed by atoms with Gasteiger partial charge in [0.15, 0.2) is 0 Å². The summed E-state index contributed by atoms with van der Waals surface area (Å²) < 4.78 is 4.90. The van der Waals surface area contributed by atoms with Gasteiger partial charge < -0.3 is 15.4 Å². The Morgan fingerprint density at radius 2 is 1.90 bits per heavy atom. The van der Waals surface area contributed by atoms with Gasteiger partial charge in [0.2, 0.25) is 0 Å². The van der Waals surface area contributed by atoms with Crippen molar-refractivity contribution >= 4 is 17.6 Å². The van der Waals surface area contributed by atoms with Crippen molar-refractivity contribution < 1.29 is 9.53 Å². The van der Waals surface area contributed by atoms with Crippen LogP contribution in [0.4, 0.5) is 11.6 Å². The average molecular weight is 280 g/mol. The Kier molecular flexibility index (Phi) is 6.76. The largest absolute Gasteiger partial charge is 0.466 e. The van der Waals surface area contributed by atoms with Crippen molar-refractivity contribution in [3.05, 3.63) is 11.9 Å². The summed E-state index contributed by atoms with van der Waals surface area (Å²) >= 11 is 0. The lowest BCUT2D eigenvalue weighted by molar-refractivity contribution is -0.142. The first-order valence-corrected chi connectivity index (χ1v) is 7.08. The van der Waals surface area contributed by atoms with Gasteiger partial charge in [-0.1, -0.05) is 13.8 Å². The molecule has 1 heterocycles. The van der Waals surface area contributed by atoms with Crippen LogP contribution in [0.1, 0.15) is 45.6 Å². The molecule has 0 fully saturated rings. The highest BCUT2D eigenvalue weighted by Crippen LogP contribution is 2.28. The molecule has 2 N–H and O–H groups in total. The number of rotatable bonds is 8. The first-order chi connectivity index (χ1) is 9.60. The summed E-state index contributed by atoms with van der Waals surface area (Å²) in [6.07, 6.45) is 1.85. The Morgan fingerprint density at radius 1 is 1.25 bits per heavy atom. The molecule has 1 aromatic heterocycles. The standard InChI is InChI=1S/C14H24N4O2/c1-5-15-13-12(10(3)4)14(18-9-17-13)16-8-7-11(19)20-6-2/h9-10H,5-8H2,1-4H3,(H2,15,16,17,18). The van der Waals surface area contributed by atoms with Crippen molar-refractivity contribution in [2.75, 3.05) is 30.3 Å². The number of hydrogen-bond acceptors (Lipinski definition) is 6. The smallest absolute Gasteiger partial charge is 0.307 e. The molecule has 0 aromatic carbocycles. The number of aromatic nitrogens is 2. The molecule has 1 aromatic rings. The predicted octanol–water partition coefficient (Wildman–Crippen LogP) is 2.40. The molecule has 20 heavy (non-hydrogen) atoms. The summed E-state index contributed by atoms with van der Waals surface area (Å²) in [7, 11) is 0. The Bertz CT molecular complexity index is 435. The highest BCUT2D eigenvalue weighted by atomic mass is 16.5. The monoisotopic (exact) mass is 280 g/mol. The summed E-state index contributed by atoms with van der Waals surface area (Å²) in [4.78, 5) is 19.9. The van der Waals surface area contributed by atoms with Crippen LogP contribution in [0.5, 0.6) is 0 Å². The third-order valence-corrected chi connectivity index (χ3v) is 2.73. The second kappa shape index (κ2) is 8.35. The topological polar surface area (TPSA) is 76.1 Å². The van der Waals surface area contributed by atoms with E-state index in [1.54, 1.807) is 6.92 Å². The van der Waals surface area contributed by atoms with E-state index < -0.39 is 0 Å². The fourth-order valence-electron chi connectivity index (χ4n) is 1.91. The van der Waals surface area contributed by atoms with Gasteiger partial charge in [-0.15, -0.1) is 0 Å². The summed E-state index contributed by atoms with van der Waals surface area (Å²) in [6.45, 7) is 9.73. The minimum Gasteiger partial charge on any atom is -0.466 e. The molecule has 0 radical (unpaired) electrons. The highest BCUT2D eigenvalue weighted by Gasteiger charge is 2.14. The zero-order valence-electron chi connectivity index (χ0n) is 12.7. The molecule has 0 aliphatic carbocycles. The maximum absolute atomic E-state index is 11.3. The molecule has 0 atom stereocenters. The van der Waals surface area contributed by atoms with Crippen molar-refractivity contribution in [2.24, 2.45) is 0 Å². The van der Waals surface area contributed by atoms with Crippen LogP contribution in [0.25, 0.3) is 0 Å². The number of nitrogens with zero attached hydrogens (tertiary/aromatic N) is 2. The number of nitrogens with one attached hydrogen (secondary N) is 2. The molecular formula is C14H24N4O2. The third kappa shape index (κ3) is 4.68. The molecule has 6 nitrogen and oxygen atoms in total. The van der Waals surface area contributed by atoms with Gasteiger partial charge in [-0.3, -0.25) is 4.79 Å². The average Bonchev–Trinajstić information content (AvgIpc) is 2.39. The quantitative estimate of drug-likeness (QED) is 0.712. The molecular weight excluding hydrogens is 256 g/mol. The summed E-state index contributed by atoms with van der Waals surface area (Å²) in [5, 5.41) is 6.43. The first-order valence-electron chi connectivity index (χ1n) is 7.08. The second-order valence-corrected chi connectivity index (χ2v) is 4.65. The number of esters is 1. The van der Waals surface area contributed by atoms with E-state index in [4.69, 9.17) is 4.74 Å². The second-order valence-electron chi connectivity index (χ2n) is 4.65. The molecule has 0 amide bonds. The Hall–Kier alpha value is -1.85. The van der Waals surface area contributed by atoms with Crippen LogP contribution in [-0.4, -0.2) is 35.6 Å². The fraction of sp³-hybridized carbons (Fsp3) is 0.643. The van der Waals surface area contributed by atoms with E-state index in [1.807, 2.05) is 6.92 Å². The predicted molar refractivity (Wildman–Crippen MR) is 80.0 cm³/mol. The SMILES string of the molecule is CCNc1ncnc(NCCC(=O)OCC)c1C(C)C. The number of hydrogen-bond donors (Lipinski definition) is 2. The van der Waals surface area contributed by atoms with Crippen molar-refractivity contribution in [1.82, 2.24) is 9.97 Å². The van der Waals surface area contributed by atoms with E-state index in [0.29, 0.717) is 19.6 Å². The lowest BCUT2D eigenvalue weighted by atomic mass is 10.0. The van der Waals surface area contributed by atoms with E-state index in [9.17, 15) is 4.79 Å². The van der Waals surface area contributed by atoms with Gasteiger partial charge in [-0.25, -0.2) is 9.97 Å². The van der Waals surface area contributed by atoms with Crippen LogP contribution in [0.3, 0.4) is 0 Å². The van der Waals surface area contributed by atoms with E-state index in [2.05, 4.69) is 34.4 Å². The van der Waals surface area contributed by atoms with Gasteiger partial charge in [0, 0.05) is 18.7 Å². The Morgan fingerprint density at radius 3 is 2.45 bits per heavy atom. The van der Waals surface area contributed by atoms with E-state index in [0.717, 1.165) is 23.7 Å². The summed E-state index contributed by atoms with van der Waals surface area (Å²) in [6, 6.07) is 0. The molecule has 0 unspecified atom stereocenters. The molecule has 0 saturated carbocycles. The summed E-state index contributed by atoms with van der Waals surface area (Å²) in [5.41, 5.74) is 1.04. The first kappa shape index (κ1) is 16.2. The number of carbonyl (C=O) groups excluding carboxylic acids is 1. The van der Waals surface area contributed by atoms with Gasteiger partial charge in [-0.05, 0) is 19.8 Å². The van der Waals surface area contributed by atoms with Gasteiger partial charge >= 0.3 is 5.97 Å². The molecule has 0 spiro atoms. The highest BCUT2D eigenvalue weighted by molar-refractivity contribution is 5.70. The minimum atomic E-state index is -0.202. The Balaban J connectivity index is 2.73. The molecule has 1 rings (SSSR count). The maximum Gasteiger partial charge on any atom is 0.307 e. The fourth-order valence-corrected chi connectivity index (χ4v) is 1.91. The molecule has 0 aliphatic rings. The number of ether oxygens (including phenoxy) is 1. The van der Waals surface area contributed by atoms with Crippen LogP contribution in [-0.2, 0) is 9.53 Å². The summed E-state index contributed by atoms with van der Waals surface area (Å²) in [5.74, 6) is 1.70. The molecule has 0 aliphatic heterocycles. The Labute approximate surface area is 120 Å². The van der Waals surface area contributed by atoms with Gasteiger partial charge in [0.05, 0.1) is 13.0 Å². The number of carbonyl (C=O) groups is 1. The van der Waals surface area contributed by atoms with Gasteiger partial charge in [0.1, 0.15) is 18.0 Å². The van der Waals surface area contributed by atoms with Crippen LogP contribution in [0.2, 0.25) is 0 Å². The maximum atomic E-state index is 11.3. The number of anilines is 2. The van der Waals surface area contributed by atoms with Gasteiger partial charge in [0.25, 0.3) is 0 Å². The van der Waals surface area contributed by atoms with Crippen molar-refractivity contribution in [1.29, 1.82) is 0 Å². The molecule has 0 saturated heterocycles. The van der Waals surface area contributed by atoms with Crippen LogP contribution < -0.4 is 10.6 Å². The van der Waals surface area contributed by atoms with E-state index >= 15 is 0 Å². The van der Waals surface area contributed by atoms with E-state index in [1.165, 1.54) is 6.33 Å². The third-order valence-electron chi connectivity index (χ3n) is 2.73. The zero-order valence-corrected chi connectivity index (χ0v) is 12.7. The lowest BCUT2D eigenvalue weighted by Crippen LogP contribution is -2.15. The van der Waals surface area contributed by atoms with Crippen molar-refractivity contribution in [3.63, 3.8) is 0 Å².